The first-order valence-corrected chi connectivity index (χ1v) is 33.3. The Morgan fingerprint density at radius 3 is 0.776 bits per heavy atom. The molecule has 3 aromatic rings. The SMILES string of the molecule is C=O.C=O.C=O.C=O.C=O.C=O.C=O.C=O.C=O.C=O.C=O.CC(=O)N(C)[C@@H](Cc1ccccc1)C(=O)N[C@@H](C)C(=O)N1CCCCC1.CC(C)O.CCC(C)C.CCC(C)C.CCC(C)C.CCC(C)C.CCCCN.CCc1ccccc1.CCc1ccccc1.CN.CN.CN.CN.N.N.N.N.N.N. The molecule has 4 rings (SSSR count). The molecule has 107 heavy (non-hydrogen) atoms. The fourth-order valence-electron chi connectivity index (χ4n) is 4.85. The van der Waals surface area contributed by atoms with Gasteiger partial charge in [0.15, 0.2) is 0 Å². The van der Waals surface area contributed by atoms with Crippen LogP contribution in [0, 0.1) is 23.7 Å². The normalized spacial score (nSPS) is 8.53. The first kappa shape index (κ1) is 178. The lowest BCUT2D eigenvalue weighted by molar-refractivity contribution is -0.140. The van der Waals surface area contributed by atoms with Crippen molar-refractivity contribution in [1.29, 1.82) is 0 Å². The maximum Gasteiger partial charge on any atom is 0.244 e. The molecule has 0 aromatic heterocycles. The van der Waals surface area contributed by atoms with Crippen molar-refractivity contribution in [1.82, 2.24) is 52.0 Å². The Hall–Kier alpha value is -8.04. The van der Waals surface area contributed by atoms with E-state index < -0.39 is 12.1 Å². The van der Waals surface area contributed by atoms with Gasteiger partial charge in [0, 0.05) is 39.6 Å². The van der Waals surface area contributed by atoms with Gasteiger partial charge in [-0.25, -0.2) is 0 Å². The van der Waals surface area contributed by atoms with Gasteiger partial charge in [-0.3, -0.25) is 14.4 Å². The van der Waals surface area contributed by atoms with Crippen LogP contribution in [-0.4, -0.2) is 180 Å². The Labute approximate surface area is 655 Å². The summed E-state index contributed by atoms with van der Waals surface area (Å²) in [7, 11) is 7.62. The fourth-order valence-corrected chi connectivity index (χ4v) is 4.85. The van der Waals surface area contributed by atoms with Crippen molar-refractivity contribution < 1.29 is 72.2 Å². The highest BCUT2D eigenvalue weighted by Crippen LogP contribution is 2.12. The summed E-state index contributed by atoms with van der Waals surface area (Å²) < 4.78 is 0. The van der Waals surface area contributed by atoms with E-state index in [0.717, 1.165) is 81.0 Å². The molecule has 0 saturated carbocycles. The quantitative estimate of drug-likeness (QED) is 0.0713. The zero-order valence-electron chi connectivity index (χ0n) is 72.8. The second-order valence-electron chi connectivity index (χ2n) is 20.1. The highest BCUT2D eigenvalue weighted by molar-refractivity contribution is 5.91. The number of aryl methyl sites for hydroxylation is 2. The van der Waals surface area contributed by atoms with Crippen LogP contribution in [0.5, 0.6) is 0 Å². The van der Waals surface area contributed by atoms with Crippen molar-refractivity contribution in [2.45, 2.75) is 227 Å². The number of likely N-dealkylation sites (N-methyl/N-ethyl adjacent to an activating group) is 1. The average Bonchev–Trinajstić information content (AvgIpc) is 0.839. The summed E-state index contributed by atoms with van der Waals surface area (Å²) in [6, 6.07) is 29.2. The van der Waals surface area contributed by atoms with E-state index in [2.05, 4.69) is 181 Å². The summed E-state index contributed by atoms with van der Waals surface area (Å²) in [6.45, 7) is 64.0. The standard InChI is InChI=1S/C20H29N3O3.2C8H10.4C5H12.C4H11N.C3H8O.4CH5N.11CH2O.6H3N/c1-15(20(26)23-12-8-5-9-13-23)21-19(25)18(22(3)16(2)24)14-17-10-6-4-7-11-17;2*1-2-8-6-4-3-5-7-8;4*1-4-5(2)3;1-2-3-4-5;1-3(2)4;15*1-2;;;;;;/h4,6-7,10-11,15,18H,5,8-9,12-14H2,1-3H3,(H,21,25);2*3-7H,2H2,1H3;4*5H,4H2,1-3H3;2-5H2,1H3;3-4H,1-2H3;4*2H2,1H3;11*1H2;6*1H3/t15-,18-;;;;;;;;;;;;;;;;;;;;;;;;;;;;;/m0............................./s1. The first-order valence-electron chi connectivity index (χ1n) is 33.3. The van der Waals surface area contributed by atoms with Crippen LogP contribution in [0.2, 0.25) is 0 Å². The number of hydrogen-bond acceptors (Lipinski definition) is 26. The number of likely N-dealkylation sites (tertiary alicyclic amines) is 1. The lowest BCUT2D eigenvalue weighted by Gasteiger charge is -2.31. The van der Waals surface area contributed by atoms with Gasteiger partial charge in [-0.1, -0.05) is 227 Å². The fraction of sp³-hybridized carbons (Fsp3) is 0.590. The van der Waals surface area contributed by atoms with Crippen LogP contribution >= 0.6 is 0 Å². The molecule has 29 heteroatoms. The molecule has 1 aliphatic heterocycles. The number of carbonyl (C=O) groups is 14. The van der Waals surface area contributed by atoms with Crippen molar-refractivity contribution in [2.75, 3.05) is 54.9 Å². The van der Waals surface area contributed by atoms with Crippen LogP contribution in [0.15, 0.2) is 91.0 Å². The zero-order chi connectivity index (χ0) is 85.6. The number of piperidine rings is 1. The van der Waals surface area contributed by atoms with Crippen LogP contribution < -0.4 is 70.9 Å². The lowest BCUT2D eigenvalue weighted by Crippen LogP contribution is -2.54. The van der Waals surface area contributed by atoms with Crippen molar-refractivity contribution in [2.24, 2.45) is 52.3 Å². The number of amides is 3. The molecule has 0 aliphatic carbocycles. The van der Waals surface area contributed by atoms with E-state index in [1.807, 2.05) is 122 Å². The molecule has 0 spiro atoms. The molecule has 29 nitrogen and oxygen atoms in total. The molecule has 1 saturated heterocycles. The lowest BCUT2D eigenvalue weighted by atomic mass is 10.0. The topological polar surface area (TPSA) is 618 Å². The van der Waals surface area contributed by atoms with Gasteiger partial charge in [-0.15, -0.1) is 0 Å². The Kier molecular flexibility index (Phi) is 332. The number of rotatable bonds is 14. The van der Waals surface area contributed by atoms with Gasteiger partial charge in [-0.05, 0) is 134 Å². The van der Waals surface area contributed by atoms with Gasteiger partial charge in [0.2, 0.25) is 17.7 Å². The molecule has 0 unspecified atom stereocenters. The molecule has 1 aliphatic rings. The Morgan fingerprint density at radius 2 is 0.626 bits per heavy atom. The van der Waals surface area contributed by atoms with Crippen molar-refractivity contribution in [3.8, 4) is 0 Å². The number of aliphatic hydroxyl groups excluding tert-OH is 1. The van der Waals surface area contributed by atoms with Crippen molar-refractivity contribution in [3.05, 3.63) is 108 Å². The van der Waals surface area contributed by atoms with E-state index in [9.17, 15) is 14.4 Å². The molecule has 1 fully saturated rings. The third kappa shape index (κ3) is 207. The second-order valence-corrected chi connectivity index (χ2v) is 20.1. The van der Waals surface area contributed by atoms with Crippen LogP contribution in [0.4, 0.5) is 0 Å². The van der Waals surface area contributed by atoms with E-state index in [4.69, 9.17) is 63.6 Å². The highest BCUT2D eigenvalue weighted by atomic mass is 16.3. The number of nitrogens with two attached hydrogens (primary N) is 5. The molecule has 0 radical (unpaired) electrons. The monoisotopic (exact) mass is 1550 g/mol. The highest BCUT2D eigenvalue weighted by Gasteiger charge is 2.29. The summed E-state index contributed by atoms with van der Waals surface area (Å²) in [4.78, 5) is 128. The average molecular weight is 1550 g/mol. The predicted octanol–water partition coefficient (Wildman–Crippen LogP) is 12.7. The predicted molar refractivity (Wildman–Crippen MR) is 463 cm³/mol. The molecule has 0 bridgehead atoms. The number of nitrogens with one attached hydrogen (secondary N) is 1. The van der Waals surface area contributed by atoms with E-state index in [1.165, 1.54) is 89.7 Å². The molecule has 1 heterocycles. The van der Waals surface area contributed by atoms with E-state index in [-0.39, 0.29) is 60.7 Å². The summed E-state index contributed by atoms with van der Waals surface area (Å²) >= 11 is 0. The van der Waals surface area contributed by atoms with Crippen LogP contribution in [0.25, 0.3) is 0 Å². The molecule has 2 atom stereocenters. The van der Waals surface area contributed by atoms with E-state index in [1.54, 1.807) is 27.8 Å². The van der Waals surface area contributed by atoms with E-state index in [0.29, 0.717) is 6.42 Å². The van der Waals surface area contributed by atoms with Gasteiger partial charge in [0.05, 0.1) is 0 Å². The Bertz CT molecular complexity index is 1690. The van der Waals surface area contributed by atoms with Crippen molar-refractivity contribution in [3.63, 3.8) is 0 Å². The van der Waals surface area contributed by atoms with Crippen LogP contribution in [-0.2, 0) is 86.4 Å². The molecular weight excluding hydrogens is 1370 g/mol. The maximum atomic E-state index is 12.8. The molecule has 3 amide bonds. The third-order valence-corrected chi connectivity index (χ3v) is 11.3. The molecule has 648 valence electrons. The molecule has 3 aromatic carbocycles. The number of benzene rings is 3. The minimum absolute atomic E-state index is 0. The van der Waals surface area contributed by atoms with Crippen molar-refractivity contribution >= 4 is 92.4 Å². The maximum absolute atomic E-state index is 12.8. The van der Waals surface area contributed by atoms with Crippen LogP contribution in [0.3, 0.4) is 0 Å². The summed E-state index contributed by atoms with van der Waals surface area (Å²) in [5.74, 6) is 3.00. The summed E-state index contributed by atoms with van der Waals surface area (Å²) in [6.07, 6.45) is 13.3. The Morgan fingerprint density at radius 1 is 0.421 bits per heavy atom. The smallest absolute Gasteiger partial charge is 0.244 e. The summed E-state index contributed by atoms with van der Waals surface area (Å²) in [5, 5.41) is 10.9. The second kappa shape index (κ2) is 199. The largest absolute Gasteiger partial charge is 0.394 e. The molecular formula is C78H176N14O15. The van der Waals surface area contributed by atoms with Gasteiger partial charge >= 0.3 is 0 Å². The zero-order valence-corrected chi connectivity index (χ0v) is 72.8. The number of nitrogens with zero attached hydrogens (tertiary/aromatic N) is 2. The van der Waals surface area contributed by atoms with Gasteiger partial charge in [0.1, 0.15) is 86.8 Å². The summed E-state index contributed by atoms with van der Waals surface area (Å²) in [5.41, 5.74) is 26.9. The minimum Gasteiger partial charge on any atom is -0.394 e. The third-order valence-electron chi connectivity index (χ3n) is 11.3. The minimum atomic E-state index is -0.647. The first-order chi connectivity index (χ1) is 48.5. The number of unbranched alkanes of at least 4 members (excludes halogenated alkanes) is 1. The van der Waals surface area contributed by atoms with E-state index >= 15 is 0 Å². The number of aliphatic hydroxyl groups is 1. The Balaban J connectivity index is -0.0000000291. The number of hydrogen-bond donors (Lipinski definition) is 13. The molecule has 30 N–H and O–H groups in total. The van der Waals surface area contributed by atoms with Crippen LogP contribution in [0.1, 0.15) is 206 Å². The van der Waals surface area contributed by atoms with Gasteiger partial charge in [-0.2, -0.15) is 0 Å². The van der Waals surface area contributed by atoms with Gasteiger partial charge in [0.25, 0.3) is 0 Å². The number of carbonyl (C=O) groups excluding carboxylic acids is 14. The van der Waals surface area contributed by atoms with Gasteiger partial charge < -0.3 is 139 Å².